The lowest BCUT2D eigenvalue weighted by molar-refractivity contribution is 0.00681. The smallest absolute Gasteiger partial charge is 0.340 e. The molecule has 0 fully saturated rings. The maximum atomic E-state index is 12.1. The van der Waals surface area contributed by atoms with Crippen LogP contribution in [-0.2, 0) is 4.74 Å². The Morgan fingerprint density at radius 3 is 2.23 bits per heavy atom. The number of benzene rings is 1. The van der Waals surface area contributed by atoms with Gasteiger partial charge >= 0.3 is 5.97 Å². The fourth-order valence-corrected chi connectivity index (χ4v) is 2.70. The number of ether oxygens (including phenoxy) is 1. The predicted octanol–water partition coefficient (Wildman–Crippen LogP) is 4.80. The van der Waals surface area contributed by atoms with E-state index in [-0.39, 0.29) is 5.97 Å². The molecule has 0 saturated carbocycles. The van der Waals surface area contributed by atoms with Crippen LogP contribution in [0.3, 0.4) is 0 Å². The Balaban J connectivity index is 2.15. The standard InChI is InChI=1S/C18H21NO2S/c1-12-6-8-14(9-7-12)22-16-11-10-15(13(2)19-16)17(20)21-18(3,4)5/h6-11H,1-5H3. The van der Waals surface area contributed by atoms with Gasteiger partial charge in [-0.25, -0.2) is 9.78 Å². The number of carbonyl (C=O) groups excluding carboxylic acids is 1. The summed E-state index contributed by atoms with van der Waals surface area (Å²) in [6, 6.07) is 11.9. The van der Waals surface area contributed by atoms with Crippen molar-refractivity contribution in [2.45, 2.75) is 50.1 Å². The van der Waals surface area contributed by atoms with Gasteiger partial charge in [0, 0.05) is 4.90 Å². The Morgan fingerprint density at radius 2 is 1.68 bits per heavy atom. The number of nitrogens with zero attached hydrogens (tertiary/aromatic N) is 1. The van der Waals surface area contributed by atoms with E-state index in [2.05, 4.69) is 36.2 Å². The molecule has 2 rings (SSSR count). The maximum Gasteiger partial charge on any atom is 0.340 e. The van der Waals surface area contributed by atoms with Crippen LogP contribution in [0, 0.1) is 13.8 Å². The second-order valence-electron chi connectivity index (χ2n) is 6.20. The van der Waals surface area contributed by atoms with Crippen molar-refractivity contribution in [2.75, 3.05) is 0 Å². The normalized spacial score (nSPS) is 11.3. The summed E-state index contributed by atoms with van der Waals surface area (Å²) in [4.78, 5) is 17.8. The molecule has 1 aromatic carbocycles. The molecule has 4 heteroatoms. The lowest BCUT2D eigenvalue weighted by atomic mass is 10.1. The van der Waals surface area contributed by atoms with Crippen molar-refractivity contribution in [1.82, 2.24) is 4.98 Å². The number of pyridine rings is 1. The van der Waals surface area contributed by atoms with Crippen molar-refractivity contribution in [1.29, 1.82) is 0 Å². The largest absolute Gasteiger partial charge is 0.456 e. The third kappa shape index (κ3) is 4.60. The van der Waals surface area contributed by atoms with E-state index in [0.717, 1.165) is 9.92 Å². The monoisotopic (exact) mass is 315 g/mol. The lowest BCUT2D eigenvalue weighted by Gasteiger charge is -2.20. The fraction of sp³-hybridized carbons (Fsp3) is 0.333. The van der Waals surface area contributed by atoms with Crippen LogP contribution in [0.5, 0.6) is 0 Å². The number of hydrogen-bond acceptors (Lipinski definition) is 4. The van der Waals surface area contributed by atoms with Crippen LogP contribution < -0.4 is 0 Å². The van der Waals surface area contributed by atoms with E-state index in [0.29, 0.717) is 11.3 Å². The molecule has 0 radical (unpaired) electrons. The summed E-state index contributed by atoms with van der Waals surface area (Å²) >= 11 is 1.58. The zero-order valence-electron chi connectivity index (χ0n) is 13.6. The van der Waals surface area contributed by atoms with E-state index in [1.807, 2.05) is 33.8 Å². The molecule has 0 aliphatic heterocycles. The van der Waals surface area contributed by atoms with Gasteiger partial charge in [0.2, 0.25) is 0 Å². The molecule has 0 bridgehead atoms. The molecule has 0 aliphatic carbocycles. The second kappa shape index (κ2) is 6.53. The van der Waals surface area contributed by atoms with E-state index < -0.39 is 5.60 Å². The summed E-state index contributed by atoms with van der Waals surface area (Å²) in [6.45, 7) is 9.46. The Labute approximate surface area is 136 Å². The summed E-state index contributed by atoms with van der Waals surface area (Å²) in [5, 5.41) is 0.869. The van der Waals surface area contributed by atoms with Gasteiger partial charge in [0.05, 0.1) is 11.3 Å². The van der Waals surface area contributed by atoms with Gasteiger partial charge in [-0.05, 0) is 58.9 Å². The Bertz CT molecular complexity index is 672. The van der Waals surface area contributed by atoms with Gasteiger partial charge in [-0.15, -0.1) is 0 Å². The zero-order valence-corrected chi connectivity index (χ0v) is 14.5. The highest BCUT2D eigenvalue weighted by atomic mass is 32.2. The van der Waals surface area contributed by atoms with Crippen molar-refractivity contribution in [2.24, 2.45) is 0 Å². The minimum Gasteiger partial charge on any atom is -0.456 e. The topological polar surface area (TPSA) is 39.2 Å². The first-order valence-corrected chi connectivity index (χ1v) is 8.02. The number of rotatable bonds is 3. The van der Waals surface area contributed by atoms with Crippen molar-refractivity contribution >= 4 is 17.7 Å². The molecule has 116 valence electrons. The Kier molecular flexibility index (Phi) is 4.91. The van der Waals surface area contributed by atoms with Crippen molar-refractivity contribution in [3.8, 4) is 0 Å². The van der Waals surface area contributed by atoms with Crippen LogP contribution in [0.4, 0.5) is 0 Å². The molecule has 0 unspecified atom stereocenters. The van der Waals surface area contributed by atoms with Crippen LogP contribution in [0.1, 0.15) is 42.4 Å². The van der Waals surface area contributed by atoms with Crippen LogP contribution >= 0.6 is 11.8 Å². The van der Waals surface area contributed by atoms with E-state index in [9.17, 15) is 4.79 Å². The number of esters is 1. The molecular formula is C18H21NO2S. The molecule has 0 saturated heterocycles. The quantitative estimate of drug-likeness (QED) is 0.762. The van der Waals surface area contributed by atoms with Gasteiger partial charge in [-0.3, -0.25) is 0 Å². The number of aromatic nitrogens is 1. The molecule has 22 heavy (non-hydrogen) atoms. The molecule has 0 atom stereocenters. The first kappa shape index (κ1) is 16.6. The highest BCUT2D eigenvalue weighted by Crippen LogP contribution is 2.27. The molecule has 2 aromatic rings. The van der Waals surface area contributed by atoms with Crippen LogP contribution in [0.2, 0.25) is 0 Å². The van der Waals surface area contributed by atoms with Gasteiger partial charge in [0.15, 0.2) is 0 Å². The third-order valence-electron chi connectivity index (χ3n) is 2.92. The Hall–Kier alpha value is -1.81. The molecule has 0 amide bonds. The molecule has 3 nitrogen and oxygen atoms in total. The van der Waals surface area contributed by atoms with Gasteiger partial charge in [0.25, 0.3) is 0 Å². The number of carbonyl (C=O) groups is 1. The molecular weight excluding hydrogens is 294 g/mol. The molecule has 1 aromatic heterocycles. The first-order chi connectivity index (χ1) is 10.2. The SMILES string of the molecule is Cc1ccc(Sc2ccc(C(=O)OC(C)(C)C)c(C)n2)cc1. The summed E-state index contributed by atoms with van der Waals surface area (Å²) in [5.41, 5.74) is 1.93. The summed E-state index contributed by atoms with van der Waals surface area (Å²) in [6.07, 6.45) is 0. The predicted molar refractivity (Wildman–Crippen MR) is 89.4 cm³/mol. The number of hydrogen-bond donors (Lipinski definition) is 0. The van der Waals surface area contributed by atoms with E-state index in [1.54, 1.807) is 17.8 Å². The van der Waals surface area contributed by atoms with Crippen molar-refractivity contribution in [3.05, 3.63) is 53.2 Å². The fourth-order valence-electron chi connectivity index (χ4n) is 1.87. The lowest BCUT2D eigenvalue weighted by Crippen LogP contribution is -2.24. The highest BCUT2D eigenvalue weighted by Gasteiger charge is 2.20. The molecule has 0 N–H and O–H groups in total. The molecule has 1 heterocycles. The summed E-state index contributed by atoms with van der Waals surface area (Å²) in [5.74, 6) is -0.329. The Morgan fingerprint density at radius 1 is 1.05 bits per heavy atom. The minimum atomic E-state index is -0.501. The molecule has 0 spiro atoms. The minimum absolute atomic E-state index is 0.329. The summed E-state index contributed by atoms with van der Waals surface area (Å²) < 4.78 is 5.39. The third-order valence-corrected chi connectivity index (χ3v) is 3.87. The van der Waals surface area contributed by atoms with E-state index in [4.69, 9.17) is 4.74 Å². The van der Waals surface area contributed by atoms with Crippen LogP contribution in [0.25, 0.3) is 0 Å². The average molecular weight is 315 g/mol. The van der Waals surface area contributed by atoms with Crippen LogP contribution in [-0.4, -0.2) is 16.6 Å². The maximum absolute atomic E-state index is 12.1. The van der Waals surface area contributed by atoms with Gasteiger partial charge in [0.1, 0.15) is 10.6 Å². The van der Waals surface area contributed by atoms with Gasteiger partial charge in [-0.1, -0.05) is 29.5 Å². The average Bonchev–Trinajstić information content (AvgIpc) is 2.39. The first-order valence-electron chi connectivity index (χ1n) is 7.20. The van der Waals surface area contributed by atoms with E-state index in [1.165, 1.54) is 5.56 Å². The molecule has 0 aliphatic rings. The zero-order chi connectivity index (χ0) is 16.3. The van der Waals surface area contributed by atoms with E-state index >= 15 is 0 Å². The van der Waals surface area contributed by atoms with Crippen LogP contribution in [0.15, 0.2) is 46.3 Å². The highest BCUT2D eigenvalue weighted by molar-refractivity contribution is 7.99. The second-order valence-corrected chi connectivity index (χ2v) is 7.29. The number of aryl methyl sites for hydroxylation is 2. The van der Waals surface area contributed by atoms with Gasteiger partial charge < -0.3 is 4.74 Å². The summed E-state index contributed by atoms with van der Waals surface area (Å²) in [7, 11) is 0. The van der Waals surface area contributed by atoms with Crippen molar-refractivity contribution < 1.29 is 9.53 Å². The van der Waals surface area contributed by atoms with Gasteiger partial charge in [-0.2, -0.15) is 0 Å². The van der Waals surface area contributed by atoms with Crippen molar-refractivity contribution in [3.63, 3.8) is 0 Å².